The first kappa shape index (κ1) is 23.9. The number of rotatable bonds is 6. The number of ether oxygens (including phenoxy) is 2. The lowest BCUT2D eigenvalue weighted by Crippen LogP contribution is -2.33. The maximum atomic E-state index is 12.6. The van der Waals surface area contributed by atoms with Crippen LogP contribution in [0, 0.1) is 27.7 Å². The second-order valence-electron chi connectivity index (χ2n) is 10.0. The lowest BCUT2D eigenvalue weighted by molar-refractivity contribution is -0.162. The molecule has 1 aliphatic carbocycles. The zero-order valence-corrected chi connectivity index (χ0v) is 22.3. The van der Waals surface area contributed by atoms with Crippen LogP contribution >= 0.6 is 10.5 Å². The Balaban J connectivity index is 1.45. The van der Waals surface area contributed by atoms with Gasteiger partial charge in [0.05, 0.1) is 5.39 Å². The smallest absolute Gasteiger partial charge is 0.344 e. The van der Waals surface area contributed by atoms with Gasteiger partial charge in [0.1, 0.15) is 11.4 Å². The molecule has 1 saturated carbocycles. The van der Waals surface area contributed by atoms with Crippen LogP contribution in [-0.2, 0) is 9.53 Å². The Bertz CT molecular complexity index is 1400. The van der Waals surface area contributed by atoms with Gasteiger partial charge in [-0.05, 0) is 86.9 Å². The molecule has 0 saturated heterocycles. The van der Waals surface area contributed by atoms with E-state index in [1.165, 1.54) is 36.2 Å². The van der Waals surface area contributed by atoms with Crippen LogP contribution in [0.5, 0.6) is 5.75 Å². The fourth-order valence-electron chi connectivity index (χ4n) is 5.81. The predicted molar refractivity (Wildman–Crippen MR) is 147 cm³/mol. The van der Waals surface area contributed by atoms with Crippen LogP contribution in [0.1, 0.15) is 60.6 Å². The third-order valence-corrected chi connectivity index (χ3v) is 10.2. The summed E-state index contributed by atoms with van der Waals surface area (Å²) in [6.45, 7) is 10.7. The molecule has 35 heavy (non-hydrogen) atoms. The summed E-state index contributed by atoms with van der Waals surface area (Å²) in [6, 6.07) is 17.7. The number of carbonyl (C=O) groups excluding carboxylic acids is 1. The van der Waals surface area contributed by atoms with Crippen molar-refractivity contribution in [3.63, 3.8) is 0 Å². The lowest BCUT2D eigenvalue weighted by Gasteiger charge is -2.27. The first-order valence-electron chi connectivity index (χ1n) is 12.7. The van der Waals surface area contributed by atoms with Gasteiger partial charge in [0, 0.05) is 35.1 Å². The van der Waals surface area contributed by atoms with E-state index in [1.54, 1.807) is 0 Å². The van der Waals surface area contributed by atoms with Crippen molar-refractivity contribution in [1.82, 2.24) is 0 Å². The molecule has 0 N–H and O–H groups in total. The second-order valence-corrected chi connectivity index (χ2v) is 12.2. The number of thiophene rings is 1. The van der Waals surface area contributed by atoms with Crippen molar-refractivity contribution in [2.75, 3.05) is 6.61 Å². The first-order valence-corrected chi connectivity index (χ1v) is 14.0. The van der Waals surface area contributed by atoms with Crippen molar-refractivity contribution >= 4 is 37.3 Å². The van der Waals surface area contributed by atoms with Crippen LogP contribution in [0.25, 0.3) is 25.8 Å². The maximum Gasteiger partial charge on any atom is 0.344 e. The quantitative estimate of drug-likeness (QED) is 0.202. The lowest BCUT2D eigenvalue weighted by atomic mass is 9.99. The average molecular weight is 488 g/mol. The molecule has 4 aromatic rings. The molecule has 4 heteroatoms. The van der Waals surface area contributed by atoms with Crippen LogP contribution in [0.2, 0.25) is 0 Å². The SMILES string of the molecule is CCC1(OC(=O)COc2c(C)cc(-[s+]3c(C)c(C)c4c5ccccc5ccc43)cc2C)CCCC1. The molecule has 1 unspecified atom stereocenters. The van der Waals surface area contributed by atoms with Crippen molar-refractivity contribution < 1.29 is 14.3 Å². The van der Waals surface area contributed by atoms with Crippen molar-refractivity contribution in [2.45, 2.75) is 72.3 Å². The largest absolute Gasteiger partial charge is 0.481 e. The molecule has 1 heterocycles. The number of hydrogen-bond donors (Lipinski definition) is 0. The highest BCUT2D eigenvalue weighted by Gasteiger charge is 2.36. The van der Waals surface area contributed by atoms with Crippen LogP contribution in [0.15, 0.2) is 48.5 Å². The molecule has 0 aliphatic heterocycles. The van der Waals surface area contributed by atoms with E-state index in [0.717, 1.165) is 49.0 Å². The summed E-state index contributed by atoms with van der Waals surface area (Å²) in [5.41, 5.74) is 3.23. The van der Waals surface area contributed by atoms with Crippen molar-refractivity contribution in [3.8, 4) is 10.6 Å². The molecule has 1 aromatic heterocycles. The molecular weight excluding hydrogens is 452 g/mol. The minimum Gasteiger partial charge on any atom is -0.481 e. The van der Waals surface area contributed by atoms with Gasteiger partial charge in [-0.3, -0.25) is 0 Å². The summed E-state index contributed by atoms with van der Waals surface area (Å²) < 4.78 is 13.3. The Morgan fingerprint density at radius 1 is 0.971 bits per heavy atom. The number of aryl methyl sites for hydroxylation is 3. The van der Waals surface area contributed by atoms with E-state index < -0.39 is 0 Å². The van der Waals surface area contributed by atoms with Gasteiger partial charge in [-0.25, -0.2) is 4.79 Å². The molecule has 0 radical (unpaired) electrons. The van der Waals surface area contributed by atoms with E-state index in [0.29, 0.717) is 0 Å². The van der Waals surface area contributed by atoms with E-state index in [-0.39, 0.29) is 28.6 Å². The first-order chi connectivity index (χ1) is 16.8. The van der Waals surface area contributed by atoms with Gasteiger partial charge in [-0.1, -0.05) is 31.2 Å². The number of hydrogen-bond acceptors (Lipinski definition) is 3. The van der Waals surface area contributed by atoms with E-state index >= 15 is 0 Å². The third kappa shape index (κ3) is 4.23. The predicted octanol–water partition coefficient (Wildman–Crippen LogP) is 8.61. The van der Waals surface area contributed by atoms with Crippen molar-refractivity contribution in [2.24, 2.45) is 0 Å². The molecular formula is C31H35O3S+. The van der Waals surface area contributed by atoms with Gasteiger partial charge >= 0.3 is 5.97 Å². The van der Waals surface area contributed by atoms with Crippen LogP contribution in [0.3, 0.4) is 0 Å². The molecule has 5 rings (SSSR count). The van der Waals surface area contributed by atoms with Gasteiger partial charge in [0.15, 0.2) is 21.1 Å². The highest BCUT2D eigenvalue weighted by molar-refractivity contribution is 7.45. The summed E-state index contributed by atoms with van der Waals surface area (Å²) >= 11 is 0. The van der Waals surface area contributed by atoms with Gasteiger partial charge in [-0.15, -0.1) is 0 Å². The number of fused-ring (bicyclic) bond motifs is 3. The van der Waals surface area contributed by atoms with Gasteiger partial charge in [0.2, 0.25) is 0 Å². The standard InChI is InChI=1S/C31H35O3S/c1-6-31(15-9-10-16-31)34-28(32)19-33-30-20(2)17-25(18-21(30)3)35-23(5)22(4)29-26-12-8-7-11-24(26)13-14-27(29)35/h7-8,11-14,17-18H,6,9-10,15-16,19H2,1-5H3/q+1. The van der Waals surface area contributed by atoms with E-state index in [2.05, 4.69) is 83.1 Å². The molecule has 182 valence electrons. The van der Waals surface area contributed by atoms with Gasteiger partial charge in [-0.2, -0.15) is 0 Å². The zero-order chi connectivity index (χ0) is 24.7. The summed E-state index contributed by atoms with van der Waals surface area (Å²) in [4.78, 5) is 15.3. The molecule has 3 aromatic carbocycles. The van der Waals surface area contributed by atoms with E-state index in [1.807, 2.05) is 0 Å². The van der Waals surface area contributed by atoms with E-state index in [9.17, 15) is 4.79 Å². The summed E-state index contributed by atoms with van der Waals surface area (Å²) in [7, 11) is -0.116. The molecule has 3 nitrogen and oxygen atoms in total. The summed E-state index contributed by atoms with van der Waals surface area (Å²) in [6.07, 6.45) is 5.07. The van der Waals surface area contributed by atoms with Crippen LogP contribution in [0.4, 0.5) is 0 Å². The average Bonchev–Trinajstić information content (AvgIpc) is 3.41. The van der Waals surface area contributed by atoms with Gasteiger partial charge < -0.3 is 9.47 Å². The molecule has 1 atom stereocenters. The summed E-state index contributed by atoms with van der Waals surface area (Å²) in [5.74, 6) is 0.534. The Labute approximate surface area is 211 Å². The number of benzene rings is 3. The topological polar surface area (TPSA) is 35.5 Å². The third-order valence-electron chi connectivity index (χ3n) is 7.81. The van der Waals surface area contributed by atoms with Gasteiger partial charge in [0.25, 0.3) is 0 Å². The Morgan fingerprint density at radius 2 is 1.66 bits per heavy atom. The Kier molecular flexibility index (Phi) is 6.35. The highest BCUT2D eigenvalue weighted by Crippen LogP contribution is 2.49. The molecule has 0 bridgehead atoms. The number of carbonyl (C=O) groups is 1. The molecule has 1 fully saturated rings. The van der Waals surface area contributed by atoms with E-state index in [4.69, 9.17) is 9.47 Å². The van der Waals surface area contributed by atoms with Crippen LogP contribution < -0.4 is 4.74 Å². The Hall–Kier alpha value is -2.85. The Morgan fingerprint density at radius 3 is 2.34 bits per heavy atom. The fourth-order valence-corrected chi connectivity index (χ4v) is 8.42. The molecule has 0 amide bonds. The zero-order valence-electron chi connectivity index (χ0n) is 21.5. The van der Waals surface area contributed by atoms with Crippen molar-refractivity contribution in [3.05, 3.63) is 70.1 Å². The van der Waals surface area contributed by atoms with Crippen LogP contribution in [-0.4, -0.2) is 18.2 Å². The van der Waals surface area contributed by atoms with Crippen molar-refractivity contribution in [1.29, 1.82) is 0 Å². The summed E-state index contributed by atoms with van der Waals surface area (Å²) in [5, 5.41) is 4.00. The monoisotopic (exact) mass is 487 g/mol. The minimum absolute atomic E-state index is 0.0403. The maximum absolute atomic E-state index is 12.6. The fraction of sp³-hybridized carbons (Fsp3) is 0.387. The minimum atomic E-state index is -0.280. The molecule has 0 spiro atoms. The highest BCUT2D eigenvalue weighted by atomic mass is 32.2. The number of esters is 1. The normalized spacial score (nSPS) is 15.6. The molecule has 1 aliphatic rings. The second kappa shape index (κ2) is 9.31.